The maximum absolute atomic E-state index is 12.9. The lowest BCUT2D eigenvalue weighted by molar-refractivity contribution is -0.377. The van der Waals surface area contributed by atoms with Gasteiger partial charge in [0.1, 0.15) is 23.2 Å². The number of halogens is 2. The second-order valence-electron chi connectivity index (χ2n) is 9.66. The Morgan fingerprint density at radius 1 is 1.05 bits per heavy atom. The molecule has 39 heavy (non-hydrogen) atoms. The van der Waals surface area contributed by atoms with Crippen molar-refractivity contribution >= 4 is 40.9 Å². The average Bonchev–Trinajstić information content (AvgIpc) is 3.41. The van der Waals surface area contributed by atoms with Crippen molar-refractivity contribution in [1.82, 2.24) is 5.32 Å². The van der Waals surface area contributed by atoms with Gasteiger partial charge in [0.2, 0.25) is 0 Å². The van der Waals surface area contributed by atoms with Gasteiger partial charge in [-0.2, -0.15) is 0 Å². The summed E-state index contributed by atoms with van der Waals surface area (Å²) in [6, 6.07) is 18.0. The smallest absolute Gasteiger partial charge is 0.414 e. The highest BCUT2D eigenvalue weighted by atomic mass is 35.5. The van der Waals surface area contributed by atoms with Gasteiger partial charge < -0.3 is 20.0 Å². The topological polar surface area (TPSA) is 90.7 Å². The molecule has 9 heteroatoms. The molecule has 3 unspecified atom stereocenters. The number of amides is 2. The lowest BCUT2D eigenvalue weighted by atomic mass is 9.92. The van der Waals surface area contributed by atoms with E-state index in [1.54, 1.807) is 36.4 Å². The van der Waals surface area contributed by atoms with E-state index in [4.69, 9.17) is 32.7 Å². The summed E-state index contributed by atoms with van der Waals surface area (Å²) in [4.78, 5) is 25.3. The number of hydrogen-bond donors (Lipinski definition) is 1. The summed E-state index contributed by atoms with van der Waals surface area (Å²) in [7, 11) is 0. The summed E-state index contributed by atoms with van der Waals surface area (Å²) in [6.45, 7) is 3.50. The molecule has 2 amide bonds. The van der Waals surface area contributed by atoms with Crippen LogP contribution in [-0.2, 0) is 4.79 Å². The fourth-order valence-electron chi connectivity index (χ4n) is 5.16. The Morgan fingerprint density at radius 3 is 2.51 bits per heavy atom. The zero-order valence-corrected chi connectivity index (χ0v) is 22.5. The van der Waals surface area contributed by atoms with Gasteiger partial charge in [-0.3, -0.25) is 4.79 Å². The standard InChI is InChI=1S/C30H26Cl2N2O5/c1-2-34(37)30(36)24-13-14-38-27-17-28(26(32)16-25(24)27)39-23-11-6-19(7-12-23)29(35)33-22-10-5-20(15-22)18-3-8-21(31)9-4-18/h3-4,6-9,11-12,16-17,20,22,24H,1,5,10,13-15H2,(H,33,35). The normalized spacial score (nSPS) is 19.8. The van der Waals surface area contributed by atoms with Crippen LogP contribution in [0.4, 0.5) is 0 Å². The first kappa shape index (κ1) is 26.8. The van der Waals surface area contributed by atoms with Crippen LogP contribution < -0.4 is 14.8 Å². The van der Waals surface area contributed by atoms with Crippen molar-refractivity contribution in [3.63, 3.8) is 0 Å². The van der Waals surface area contributed by atoms with Crippen molar-refractivity contribution in [2.45, 2.75) is 43.6 Å². The van der Waals surface area contributed by atoms with Gasteiger partial charge in [-0.1, -0.05) is 40.1 Å². The Labute approximate surface area is 236 Å². The number of benzene rings is 3. The van der Waals surface area contributed by atoms with E-state index in [1.807, 2.05) is 18.0 Å². The first-order valence-corrected chi connectivity index (χ1v) is 13.4. The number of hydroxylamine groups is 1. The molecule has 1 heterocycles. The molecule has 1 fully saturated rings. The lowest BCUT2D eigenvalue weighted by Crippen LogP contribution is -2.32. The lowest BCUT2D eigenvalue weighted by Gasteiger charge is -2.24. The van der Waals surface area contributed by atoms with Crippen molar-refractivity contribution in [3.8, 4) is 17.2 Å². The van der Waals surface area contributed by atoms with Crippen LogP contribution in [0.2, 0.25) is 10.0 Å². The molecule has 5 rings (SSSR count). The van der Waals surface area contributed by atoms with Gasteiger partial charge in [0, 0.05) is 41.3 Å². The molecule has 3 atom stereocenters. The summed E-state index contributed by atoms with van der Waals surface area (Å²) >= 11 is 12.5. The van der Waals surface area contributed by atoms with E-state index in [0.29, 0.717) is 40.7 Å². The summed E-state index contributed by atoms with van der Waals surface area (Å²) in [5, 5.41) is 15.8. The fourth-order valence-corrected chi connectivity index (χ4v) is 5.50. The number of carbonyl (C=O) groups excluding carboxylic acids is 2. The third kappa shape index (κ3) is 5.96. The molecule has 7 nitrogen and oxygen atoms in total. The maximum atomic E-state index is 12.9. The Kier molecular flexibility index (Phi) is 7.94. The average molecular weight is 565 g/mol. The quantitative estimate of drug-likeness (QED) is 0.157. The van der Waals surface area contributed by atoms with Crippen LogP contribution >= 0.6 is 23.2 Å². The van der Waals surface area contributed by atoms with Gasteiger partial charge in [-0.15, -0.1) is 0 Å². The van der Waals surface area contributed by atoms with Crippen LogP contribution in [0.15, 0.2) is 67.2 Å². The molecule has 3 aromatic carbocycles. The molecule has 0 radical (unpaired) electrons. The largest absolute Gasteiger partial charge is 0.607 e. The van der Waals surface area contributed by atoms with E-state index in [2.05, 4.69) is 24.0 Å². The van der Waals surface area contributed by atoms with Crippen LogP contribution in [0, 0.1) is 5.21 Å². The number of rotatable bonds is 6. The Morgan fingerprint density at radius 2 is 1.79 bits per heavy atom. The molecule has 0 bridgehead atoms. The highest BCUT2D eigenvalue weighted by molar-refractivity contribution is 6.32. The molecule has 3 aromatic rings. The molecular formula is C30H26Cl2N2O5. The number of fused-ring (bicyclic) bond motifs is 1. The van der Waals surface area contributed by atoms with Crippen molar-refractivity contribution in [2.24, 2.45) is 0 Å². The van der Waals surface area contributed by atoms with E-state index in [9.17, 15) is 14.8 Å². The zero-order chi connectivity index (χ0) is 27.5. The highest BCUT2D eigenvalue weighted by Crippen LogP contribution is 2.42. The van der Waals surface area contributed by atoms with E-state index in [1.165, 1.54) is 5.56 Å². The monoisotopic (exact) mass is 564 g/mol. The van der Waals surface area contributed by atoms with E-state index >= 15 is 0 Å². The molecule has 1 aliphatic carbocycles. The first-order valence-electron chi connectivity index (χ1n) is 12.7. The molecule has 0 spiro atoms. The van der Waals surface area contributed by atoms with Gasteiger partial charge in [0.05, 0.1) is 11.6 Å². The maximum Gasteiger partial charge on any atom is 0.414 e. The minimum absolute atomic E-state index is 0.0977. The Balaban J connectivity index is 1.22. The molecule has 0 saturated heterocycles. The Hall–Kier alpha value is -3.77. The predicted molar refractivity (Wildman–Crippen MR) is 149 cm³/mol. The third-order valence-electron chi connectivity index (χ3n) is 7.20. The number of nitrogens with zero attached hydrogens (tertiary/aromatic N) is 1. The number of hydrogen-bond acceptors (Lipinski definition) is 5. The highest BCUT2D eigenvalue weighted by Gasteiger charge is 2.34. The molecule has 200 valence electrons. The first-order chi connectivity index (χ1) is 18.8. The molecule has 0 aromatic heterocycles. The SMILES string of the molecule is C=C=[N+]([O-])C(=O)C1CCOc2cc(Oc3ccc(C(=O)NC4CCC(c5ccc(Cl)cc5)C4)cc3)c(Cl)cc21. The van der Waals surface area contributed by atoms with Crippen LogP contribution in [0.25, 0.3) is 0 Å². The zero-order valence-electron chi connectivity index (χ0n) is 21.0. The molecule has 1 saturated carbocycles. The van der Waals surface area contributed by atoms with Gasteiger partial charge in [-0.25, -0.2) is 4.79 Å². The van der Waals surface area contributed by atoms with Crippen molar-refractivity contribution in [1.29, 1.82) is 0 Å². The van der Waals surface area contributed by atoms with Gasteiger partial charge in [-0.05, 0) is 73.2 Å². The van der Waals surface area contributed by atoms with Gasteiger partial charge in [0.15, 0.2) is 5.87 Å². The molecular weight excluding hydrogens is 539 g/mol. The van der Waals surface area contributed by atoms with Crippen molar-refractivity contribution in [2.75, 3.05) is 6.61 Å². The minimum Gasteiger partial charge on any atom is -0.607 e. The number of ether oxygens (including phenoxy) is 2. The summed E-state index contributed by atoms with van der Waals surface area (Å²) in [5.41, 5.74) is 2.28. The van der Waals surface area contributed by atoms with Crippen molar-refractivity contribution in [3.05, 3.63) is 99.2 Å². The number of carbonyl (C=O) groups is 2. The van der Waals surface area contributed by atoms with Crippen LogP contribution in [0.5, 0.6) is 17.2 Å². The van der Waals surface area contributed by atoms with E-state index in [-0.39, 0.29) is 28.3 Å². The van der Waals surface area contributed by atoms with Crippen LogP contribution in [-0.4, -0.2) is 35.1 Å². The van der Waals surface area contributed by atoms with Crippen LogP contribution in [0.3, 0.4) is 0 Å². The van der Waals surface area contributed by atoms with Gasteiger partial charge in [0.25, 0.3) is 5.91 Å². The Bertz CT molecular complexity index is 1450. The molecule has 2 aliphatic rings. The third-order valence-corrected chi connectivity index (χ3v) is 7.75. The molecule has 1 N–H and O–H groups in total. The minimum atomic E-state index is -0.703. The summed E-state index contributed by atoms with van der Waals surface area (Å²) < 4.78 is 11.7. The van der Waals surface area contributed by atoms with Crippen LogP contribution in [0.1, 0.15) is 59.0 Å². The summed E-state index contributed by atoms with van der Waals surface area (Å²) in [5.74, 6) is 2.16. The second kappa shape index (κ2) is 11.5. The number of nitrogens with one attached hydrogen (secondary N) is 1. The molecule has 1 aliphatic heterocycles. The van der Waals surface area contributed by atoms with Gasteiger partial charge >= 0.3 is 5.91 Å². The van der Waals surface area contributed by atoms with E-state index in [0.717, 1.165) is 24.3 Å². The second-order valence-corrected chi connectivity index (χ2v) is 10.5. The van der Waals surface area contributed by atoms with Crippen molar-refractivity contribution < 1.29 is 23.8 Å². The predicted octanol–water partition coefficient (Wildman–Crippen LogP) is 6.61. The van der Waals surface area contributed by atoms with E-state index < -0.39 is 11.8 Å². The summed E-state index contributed by atoms with van der Waals surface area (Å²) in [6.07, 6.45) is 3.17. The fraction of sp³-hybridized carbons (Fsp3) is 0.267.